The third kappa shape index (κ3) is 3.76. The molecule has 1 saturated heterocycles. The van der Waals surface area contributed by atoms with Crippen LogP contribution in [0.15, 0.2) is 24.3 Å². The van der Waals surface area contributed by atoms with Crippen molar-refractivity contribution in [1.29, 1.82) is 0 Å². The third-order valence-electron chi connectivity index (χ3n) is 3.41. The Morgan fingerprint density at radius 2 is 1.84 bits per heavy atom. The minimum atomic E-state index is -3.28. The number of hydrogen-bond acceptors (Lipinski definition) is 4. The van der Waals surface area contributed by atoms with Crippen molar-refractivity contribution in [3.8, 4) is 0 Å². The van der Waals surface area contributed by atoms with Crippen molar-refractivity contribution in [3.63, 3.8) is 0 Å². The molecule has 0 spiro atoms. The molecule has 0 bridgehead atoms. The summed E-state index contributed by atoms with van der Waals surface area (Å²) in [4.78, 5) is 0. The third-order valence-corrected chi connectivity index (χ3v) is 5.31. The summed E-state index contributed by atoms with van der Waals surface area (Å²) in [6.07, 6.45) is 1.13. The molecule has 0 saturated carbocycles. The van der Waals surface area contributed by atoms with E-state index < -0.39 is 10.0 Å². The summed E-state index contributed by atoms with van der Waals surface area (Å²) in [7, 11) is -3.28. The Balaban J connectivity index is 2.00. The van der Waals surface area contributed by atoms with Crippen molar-refractivity contribution in [2.75, 3.05) is 13.2 Å². The van der Waals surface area contributed by atoms with Gasteiger partial charge in [0.1, 0.15) is 0 Å². The van der Waals surface area contributed by atoms with E-state index in [1.165, 1.54) is 0 Å². The van der Waals surface area contributed by atoms with Gasteiger partial charge in [0.2, 0.25) is 10.0 Å². The van der Waals surface area contributed by atoms with Gasteiger partial charge in [-0.25, -0.2) is 13.1 Å². The molecule has 0 aromatic heterocycles. The topological polar surface area (TPSA) is 81.4 Å². The standard InChI is InChI=1S/C13H20N2O3S/c14-9-11-3-1-2-4-12(11)10-15-19(16,17)13-5-7-18-8-6-13/h1-4,13,15H,5-10,14H2. The largest absolute Gasteiger partial charge is 0.381 e. The number of rotatable bonds is 5. The molecule has 1 aliphatic heterocycles. The van der Waals surface area contributed by atoms with Crippen molar-refractivity contribution in [1.82, 2.24) is 4.72 Å². The second-order valence-corrected chi connectivity index (χ2v) is 6.70. The highest BCUT2D eigenvalue weighted by atomic mass is 32.2. The van der Waals surface area contributed by atoms with Crippen molar-refractivity contribution < 1.29 is 13.2 Å². The van der Waals surface area contributed by atoms with E-state index in [1.807, 2.05) is 24.3 Å². The van der Waals surface area contributed by atoms with Gasteiger partial charge in [0.15, 0.2) is 0 Å². The fraction of sp³-hybridized carbons (Fsp3) is 0.538. The van der Waals surface area contributed by atoms with Crippen LogP contribution in [0.5, 0.6) is 0 Å². The highest BCUT2D eigenvalue weighted by Crippen LogP contribution is 2.16. The second kappa shape index (κ2) is 6.47. The lowest BCUT2D eigenvalue weighted by Crippen LogP contribution is -2.37. The summed E-state index contributed by atoms with van der Waals surface area (Å²) in [5, 5.41) is -0.341. The number of nitrogens with one attached hydrogen (secondary N) is 1. The lowest BCUT2D eigenvalue weighted by Gasteiger charge is -2.22. The average molecular weight is 284 g/mol. The van der Waals surface area contributed by atoms with Crippen LogP contribution in [0.25, 0.3) is 0 Å². The Labute approximate surface area is 114 Å². The van der Waals surface area contributed by atoms with E-state index in [0.717, 1.165) is 11.1 Å². The predicted octanol–water partition coefficient (Wildman–Crippen LogP) is 0.744. The molecule has 0 aliphatic carbocycles. The SMILES string of the molecule is NCc1ccccc1CNS(=O)(=O)C1CCOCC1. The number of benzene rings is 1. The van der Waals surface area contributed by atoms with Crippen molar-refractivity contribution in [2.45, 2.75) is 31.2 Å². The van der Waals surface area contributed by atoms with Crippen LogP contribution in [0, 0.1) is 0 Å². The average Bonchev–Trinajstić information content (AvgIpc) is 2.46. The maximum Gasteiger partial charge on any atom is 0.214 e. The molecule has 0 unspecified atom stereocenters. The zero-order valence-electron chi connectivity index (χ0n) is 10.8. The molecule has 1 aromatic carbocycles. The highest BCUT2D eigenvalue weighted by Gasteiger charge is 2.27. The first-order valence-electron chi connectivity index (χ1n) is 6.46. The van der Waals surface area contributed by atoms with Gasteiger partial charge in [-0.2, -0.15) is 0 Å². The molecular weight excluding hydrogens is 264 g/mol. The van der Waals surface area contributed by atoms with Crippen LogP contribution in [0.1, 0.15) is 24.0 Å². The van der Waals surface area contributed by atoms with Crippen LogP contribution in [0.3, 0.4) is 0 Å². The molecule has 106 valence electrons. The molecule has 1 aliphatic rings. The molecule has 6 heteroatoms. The van der Waals surface area contributed by atoms with Crippen molar-refractivity contribution in [3.05, 3.63) is 35.4 Å². The summed E-state index contributed by atoms with van der Waals surface area (Å²) in [6.45, 7) is 1.75. The van der Waals surface area contributed by atoms with E-state index in [1.54, 1.807) is 0 Å². The first-order valence-corrected chi connectivity index (χ1v) is 8.01. The molecule has 2 rings (SSSR count). The summed E-state index contributed by atoms with van der Waals surface area (Å²) < 4.78 is 32.2. The zero-order valence-corrected chi connectivity index (χ0v) is 11.7. The first kappa shape index (κ1) is 14.5. The monoisotopic (exact) mass is 284 g/mol. The molecule has 0 atom stereocenters. The molecular formula is C13H20N2O3S. The minimum Gasteiger partial charge on any atom is -0.381 e. The fourth-order valence-corrected chi connectivity index (χ4v) is 3.62. The van der Waals surface area contributed by atoms with Crippen LogP contribution in [0.2, 0.25) is 0 Å². The molecule has 5 nitrogen and oxygen atoms in total. The van der Waals surface area contributed by atoms with Gasteiger partial charge in [-0.3, -0.25) is 0 Å². The smallest absolute Gasteiger partial charge is 0.214 e. The lowest BCUT2D eigenvalue weighted by molar-refractivity contribution is 0.0981. The normalized spacial score (nSPS) is 17.5. The summed E-state index contributed by atoms with van der Waals surface area (Å²) in [5.74, 6) is 0. The maximum atomic E-state index is 12.2. The van der Waals surface area contributed by atoms with E-state index in [0.29, 0.717) is 39.1 Å². The van der Waals surface area contributed by atoms with E-state index in [9.17, 15) is 8.42 Å². The van der Waals surface area contributed by atoms with Crippen LogP contribution >= 0.6 is 0 Å². The van der Waals surface area contributed by atoms with Gasteiger partial charge in [0.25, 0.3) is 0 Å². The second-order valence-electron chi connectivity index (χ2n) is 4.65. The number of ether oxygens (including phenoxy) is 1. The molecule has 1 aromatic rings. The maximum absolute atomic E-state index is 12.2. The highest BCUT2D eigenvalue weighted by molar-refractivity contribution is 7.90. The van der Waals surface area contributed by atoms with Gasteiger partial charge in [-0.15, -0.1) is 0 Å². The van der Waals surface area contributed by atoms with E-state index in [2.05, 4.69) is 4.72 Å². The Bertz CT molecular complexity index is 510. The van der Waals surface area contributed by atoms with E-state index in [4.69, 9.17) is 10.5 Å². The van der Waals surface area contributed by atoms with Gasteiger partial charge in [0, 0.05) is 26.3 Å². The predicted molar refractivity (Wildman–Crippen MR) is 73.9 cm³/mol. The molecule has 3 N–H and O–H groups in total. The van der Waals surface area contributed by atoms with Gasteiger partial charge in [-0.1, -0.05) is 24.3 Å². The molecule has 0 amide bonds. The lowest BCUT2D eigenvalue weighted by atomic mass is 10.1. The summed E-state index contributed by atoms with van der Waals surface area (Å²) in [6, 6.07) is 7.60. The Kier molecular flexibility index (Phi) is 4.93. The summed E-state index contributed by atoms with van der Waals surface area (Å²) in [5.41, 5.74) is 7.54. The van der Waals surface area contributed by atoms with Crippen LogP contribution in [-0.4, -0.2) is 26.9 Å². The Morgan fingerprint density at radius 3 is 2.47 bits per heavy atom. The van der Waals surface area contributed by atoms with E-state index in [-0.39, 0.29) is 5.25 Å². The molecule has 0 radical (unpaired) electrons. The zero-order chi connectivity index (χ0) is 13.7. The summed E-state index contributed by atoms with van der Waals surface area (Å²) >= 11 is 0. The van der Waals surface area contributed by atoms with Gasteiger partial charge >= 0.3 is 0 Å². The number of sulfonamides is 1. The van der Waals surface area contributed by atoms with Crippen LogP contribution in [-0.2, 0) is 27.8 Å². The number of nitrogens with two attached hydrogens (primary N) is 1. The fourth-order valence-electron chi connectivity index (χ4n) is 2.21. The first-order chi connectivity index (χ1) is 9.13. The quantitative estimate of drug-likeness (QED) is 0.836. The Hall–Kier alpha value is -0.950. The van der Waals surface area contributed by atoms with Crippen LogP contribution in [0.4, 0.5) is 0 Å². The van der Waals surface area contributed by atoms with Gasteiger partial charge in [0.05, 0.1) is 5.25 Å². The Morgan fingerprint density at radius 1 is 1.21 bits per heavy atom. The van der Waals surface area contributed by atoms with Crippen LogP contribution < -0.4 is 10.5 Å². The van der Waals surface area contributed by atoms with Crippen molar-refractivity contribution in [2.24, 2.45) is 5.73 Å². The van der Waals surface area contributed by atoms with Crippen molar-refractivity contribution >= 4 is 10.0 Å². The molecule has 19 heavy (non-hydrogen) atoms. The van der Waals surface area contributed by atoms with Gasteiger partial charge in [-0.05, 0) is 24.0 Å². The van der Waals surface area contributed by atoms with Gasteiger partial charge < -0.3 is 10.5 Å². The molecule has 1 fully saturated rings. The number of hydrogen-bond donors (Lipinski definition) is 2. The molecule has 1 heterocycles. The minimum absolute atomic E-state index is 0.299. The van der Waals surface area contributed by atoms with E-state index >= 15 is 0 Å².